The highest BCUT2D eigenvalue weighted by molar-refractivity contribution is 5.79. The minimum Gasteiger partial charge on any atom is -0.265 e. The number of hydrogen-bond donors (Lipinski definition) is 0. The highest BCUT2D eigenvalue weighted by Crippen LogP contribution is 2.33. The van der Waals surface area contributed by atoms with Gasteiger partial charge in [-0.3, -0.25) is 19.9 Å². The second-order valence-electron chi connectivity index (χ2n) is 11.0. The van der Waals surface area contributed by atoms with E-state index >= 15 is 0 Å². The minimum atomic E-state index is 0.624. The van der Waals surface area contributed by atoms with E-state index in [0.717, 1.165) is 67.3 Å². The van der Waals surface area contributed by atoms with Crippen LogP contribution in [0.4, 0.5) is 0 Å². The highest BCUT2D eigenvalue weighted by Gasteiger charge is 2.14. The average Bonchev–Trinajstić information content (AvgIpc) is 3.19. The third kappa shape index (κ3) is 6.05. The fourth-order valence-corrected chi connectivity index (χ4v) is 5.49. The van der Waals surface area contributed by atoms with Crippen molar-refractivity contribution >= 4 is 0 Å². The van der Waals surface area contributed by atoms with Gasteiger partial charge in [0.05, 0.1) is 22.8 Å². The van der Waals surface area contributed by atoms with E-state index in [1.807, 2.05) is 73.1 Å². The Labute approximate surface area is 277 Å². The molecule has 0 bridgehead atoms. The van der Waals surface area contributed by atoms with Crippen LogP contribution in [0.3, 0.4) is 0 Å². The summed E-state index contributed by atoms with van der Waals surface area (Å²) in [5.74, 6) is 1.25. The van der Waals surface area contributed by atoms with Gasteiger partial charge in [0.15, 0.2) is 11.6 Å². The van der Waals surface area contributed by atoms with Gasteiger partial charge in [-0.05, 0) is 83.9 Å². The zero-order valence-corrected chi connectivity index (χ0v) is 25.6. The van der Waals surface area contributed by atoms with Crippen molar-refractivity contribution in [2.45, 2.75) is 0 Å². The van der Waals surface area contributed by atoms with Crippen molar-refractivity contribution in [3.63, 3.8) is 0 Å². The Morgan fingerprint density at radius 1 is 0.271 bits per heavy atom. The molecule has 0 aliphatic rings. The molecule has 0 N–H and O–H groups in total. The van der Waals surface area contributed by atoms with Crippen molar-refractivity contribution in [1.82, 2.24) is 39.9 Å². The van der Waals surface area contributed by atoms with Crippen LogP contribution in [-0.4, -0.2) is 39.9 Å². The van der Waals surface area contributed by atoms with Crippen molar-refractivity contribution in [3.8, 4) is 78.9 Å². The van der Waals surface area contributed by atoms with Crippen LogP contribution in [0.25, 0.3) is 78.9 Å². The van der Waals surface area contributed by atoms with Gasteiger partial charge >= 0.3 is 0 Å². The molecule has 0 spiro atoms. The number of benzene rings is 2. The molecule has 0 saturated carbocycles. The average molecular weight is 619 g/mol. The molecule has 0 aliphatic carbocycles. The van der Waals surface area contributed by atoms with E-state index in [4.69, 9.17) is 19.9 Å². The number of hydrogen-bond acceptors (Lipinski definition) is 8. The van der Waals surface area contributed by atoms with Gasteiger partial charge in [0.25, 0.3) is 0 Å². The fourth-order valence-electron chi connectivity index (χ4n) is 5.49. The predicted molar refractivity (Wildman–Crippen MR) is 187 cm³/mol. The lowest BCUT2D eigenvalue weighted by Gasteiger charge is -2.12. The van der Waals surface area contributed by atoms with Crippen LogP contribution in [0.1, 0.15) is 0 Å². The lowest BCUT2D eigenvalue weighted by Crippen LogP contribution is -1.97. The summed E-state index contributed by atoms with van der Waals surface area (Å²) in [4.78, 5) is 36.7. The molecule has 2 aromatic carbocycles. The molecule has 6 heterocycles. The maximum Gasteiger partial charge on any atom is 0.160 e. The van der Waals surface area contributed by atoms with Crippen LogP contribution >= 0.6 is 0 Å². The van der Waals surface area contributed by atoms with E-state index < -0.39 is 0 Å². The van der Waals surface area contributed by atoms with Gasteiger partial charge < -0.3 is 0 Å². The van der Waals surface area contributed by atoms with Gasteiger partial charge in [-0.1, -0.05) is 36.4 Å². The topological polar surface area (TPSA) is 103 Å². The van der Waals surface area contributed by atoms with Gasteiger partial charge in [0.2, 0.25) is 0 Å². The summed E-state index contributed by atoms with van der Waals surface area (Å²) in [6, 6.07) is 36.3. The molecule has 0 unspecified atom stereocenters. The molecule has 0 atom stereocenters. The van der Waals surface area contributed by atoms with E-state index in [9.17, 15) is 0 Å². The summed E-state index contributed by atoms with van der Waals surface area (Å²) in [7, 11) is 0. The van der Waals surface area contributed by atoms with Crippen molar-refractivity contribution in [2.75, 3.05) is 0 Å². The maximum absolute atomic E-state index is 4.99. The van der Waals surface area contributed by atoms with Crippen LogP contribution in [0.2, 0.25) is 0 Å². The van der Waals surface area contributed by atoms with Crippen LogP contribution in [0, 0.1) is 0 Å². The Kier molecular flexibility index (Phi) is 7.70. The minimum absolute atomic E-state index is 0.624. The summed E-state index contributed by atoms with van der Waals surface area (Å²) in [5, 5.41) is 0. The highest BCUT2D eigenvalue weighted by atomic mass is 14.9. The molecule has 48 heavy (non-hydrogen) atoms. The molecular weight excluding hydrogens is 592 g/mol. The van der Waals surface area contributed by atoms with Gasteiger partial charge in [0.1, 0.15) is 0 Å². The molecular formula is C40H26N8. The van der Waals surface area contributed by atoms with Crippen molar-refractivity contribution in [2.24, 2.45) is 0 Å². The van der Waals surface area contributed by atoms with E-state index in [2.05, 4.69) is 68.5 Å². The van der Waals surface area contributed by atoms with Gasteiger partial charge in [-0.25, -0.2) is 19.9 Å². The van der Waals surface area contributed by atoms with E-state index in [0.29, 0.717) is 11.6 Å². The molecule has 0 aliphatic heterocycles. The first-order valence-corrected chi connectivity index (χ1v) is 15.4. The Morgan fingerprint density at radius 3 is 1.04 bits per heavy atom. The van der Waals surface area contributed by atoms with Crippen molar-refractivity contribution < 1.29 is 0 Å². The maximum atomic E-state index is 4.99. The molecule has 0 saturated heterocycles. The largest absolute Gasteiger partial charge is 0.265 e. The summed E-state index contributed by atoms with van der Waals surface area (Å²) in [5.41, 5.74) is 10.9. The summed E-state index contributed by atoms with van der Waals surface area (Å²) >= 11 is 0. The molecule has 0 fully saturated rings. The Balaban J connectivity index is 1.21. The quantitative estimate of drug-likeness (QED) is 0.175. The molecule has 8 heteroatoms. The number of pyridine rings is 4. The lowest BCUT2D eigenvalue weighted by atomic mass is 9.98. The van der Waals surface area contributed by atoms with Crippen molar-refractivity contribution in [3.05, 3.63) is 159 Å². The number of rotatable bonds is 7. The Bertz CT molecular complexity index is 2050. The molecule has 6 aromatic heterocycles. The van der Waals surface area contributed by atoms with Crippen LogP contribution in [-0.2, 0) is 0 Å². The SMILES string of the molecule is c1cncc(-c2cc(-c3cccc(-c4cccc(-c5cc(-c6cccnc6)nc(-c6ccncc6)n5)c4)c3)nc(-c3ccncc3)n2)c1. The first-order chi connectivity index (χ1) is 23.8. The van der Waals surface area contributed by atoms with Gasteiger partial charge in [0, 0.05) is 83.0 Å². The summed E-state index contributed by atoms with van der Waals surface area (Å²) in [6.07, 6.45) is 14.1. The van der Waals surface area contributed by atoms with E-state index in [1.165, 1.54) is 0 Å². The molecule has 0 radical (unpaired) electrons. The zero-order chi connectivity index (χ0) is 32.1. The second kappa shape index (κ2) is 12.9. The molecule has 8 nitrogen and oxygen atoms in total. The van der Waals surface area contributed by atoms with Gasteiger partial charge in [-0.2, -0.15) is 0 Å². The Hall–Kier alpha value is -6.80. The Morgan fingerprint density at radius 2 is 0.646 bits per heavy atom. The first kappa shape index (κ1) is 28.7. The lowest BCUT2D eigenvalue weighted by molar-refractivity contribution is 1.17. The van der Waals surface area contributed by atoms with E-state index in [-0.39, 0.29) is 0 Å². The monoisotopic (exact) mass is 618 g/mol. The van der Waals surface area contributed by atoms with Crippen LogP contribution in [0.5, 0.6) is 0 Å². The third-order valence-corrected chi connectivity index (χ3v) is 7.89. The smallest absolute Gasteiger partial charge is 0.160 e. The number of aromatic nitrogens is 8. The second-order valence-corrected chi connectivity index (χ2v) is 11.0. The zero-order valence-electron chi connectivity index (χ0n) is 25.6. The number of nitrogens with zero attached hydrogens (tertiary/aromatic N) is 8. The fraction of sp³-hybridized carbons (Fsp3) is 0. The molecule has 8 rings (SSSR count). The standard InChI is InChI=1S/C40H26N8/c1-5-29(21-31(7-1)35-23-37(33-9-3-15-43-25-33)47-39(45-35)27-11-17-41-18-12-27)30-6-2-8-32(22-30)36-24-38(34-10-4-16-44-26-34)48-40(46-36)28-13-19-42-20-14-28/h1-26H. The summed E-state index contributed by atoms with van der Waals surface area (Å²) in [6.45, 7) is 0. The van der Waals surface area contributed by atoms with Crippen LogP contribution in [0.15, 0.2) is 159 Å². The van der Waals surface area contributed by atoms with Gasteiger partial charge in [-0.15, -0.1) is 0 Å². The third-order valence-electron chi connectivity index (χ3n) is 7.89. The van der Waals surface area contributed by atoms with E-state index in [1.54, 1.807) is 37.2 Å². The van der Waals surface area contributed by atoms with Crippen LogP contribution < -0.4 is 0 Å². The molecule has 0 amide bonds. The van der Waals surface area contributed by atoms with Crippen molar-refractivity contribution in [1.29, 1.82) is 0 Å². The molecule has 8 aromatic rings. The molecule has 226 valence electrons. The normalized spacial score (nSPS) is 10.9. The predicted octanol–water partition coefficient (Wildman–Crippen LogP) is 8.52. The summed E-state index contributed by atoms with van der Waals surface area (Å²) < 4.78 is 0. The first-order valence-electron chi connectivity index (χ1n) is 15.4.